The Balaban J connectivity index is 1.91. The summed E-state index contributed by atoms with van der Waals surface area (Å²) < 4.78 is 10.4. The molecule has 0 bridgehead atoms. The lowest BCUT2D eigenvalue weighted by Gasteiger charge is -2.16. The molecule has 2 aromatic carbocycles. The highest BCUT2D eigenvalue weighted by Gasteiger charge is 2.10. The van der Waals surface area contributed by atoms with E-state index in [1.54, 1.807) is 20.3 Å². The quantitative estimate of drug-likeness (QED) is 0.831. The SMILES string of the molecule is COc1ccc(CNC(=O)NC(C)c2cccc(Cl)c2)cc1OC. The zero-order valence-electron chi connectivity index (χ0n) is 13.9. The number of rotatable bonds is 6. The second kappa shape index (κ2) is 8.45. The number of carbonyl (C=O) groups is 1. The number of carbonyl (C=O) groups excluding carboxylic acids is 1. The van der Waals surface area contributed by atoms with E-state index < -0.39 is 0 Å². The number of benzene rings is 2. The molecule has 24 heavy (non-hydrogen) atoms. The first kappa shape index (κ1) is 17.9. The maximum Gasteiger partial charge on any atom is 0.315 e. The van der Waals surface area contributed by atoms with Crippen molar-refractivity contribution < 1.29 is 14.3 Å². The number of methoxy groups -OCH3 is 2. The van der Waals surface area contributed by atoms with Crippen LogP contribution in [-0.2, 0) is 6.54 Å². The van der Waals surface area contributed by atoms with E-state index >= 15 is 0 Å². The third-order valence-electron chi connectivity index (χ3n) is 3.60. The summed E-state index contributed by atoms with van der Waals surface area (Å²) in [5.41, 5.74) is 1.86. The van der Waals surface area contributed by atoms with Gasteiger partial charge < -0.3 is 20.1 Å². The van der Waals surface area contributed by atoms with Crippen LogP contribution in [0.25, 0.3) is 0 Å². The molecule has 0 aromatic heterocycles. The molecule has 2 aromatic rings. The number of hydrogen-bond acceptors (Lipinski definition) is 3. The van der Waals surface area contributed by atoms with Crippen LogP contribution < -0.4 is 20.1 Å². The van der Waals surface area contributed by atoms with Gasteiger partial charge >= 0.3 is 6.03 Å². The van der Waals surface area contributed by atoms with Gasteiger partial charge in [-0.05, 0) is 42.3 Å². The lowest BCUT2D eigenvalue weighted by molar-refractivity contribution is 0.237. The number of amides is 2. The van der Waals surface area contributed by atoms with Crippen molar-refractivity contribution in [2.24, 2.45) is 0 Å². The van der Waals surface area contributed by atoms with Gasteiger partial charge in [-0.15, -0.1) is 0 Å². The van der Waals surface area contributed by atoms with Crippen LogP contribution in [0.4, 0.5) is 4.79 Å². The Kier molecular flexibility index (Phi) is 6.32. The zero-order chi connectivity index (χ0) is 17.5. The van der Waals surface area contributed by atoms with E-state index in [0.717, 1.165) is 11.1 Å². The van der Waals surface area contributed by atoms with Crippen molar-refractivity contribution in [3.8, 4) is 11.5 Å². The highest BCUT2D eigenvalue weighted by Crippen LogP contribution is 2.27. The highest BCUT2D eigenvalue weighted by atomic mass is 35.5. The Hall–Kier alpha value is -2.40. The Morgan fingerprint density at radius 3 is 2.54 bits per heavy atom. The summed E-state index contributed by atoms with van der Waals surface area (Å²) >= 11 is 5.97. The van der Waals surface area contributed by atoms with E-state index in [4.69, 9.17) is 21.1 Å². The molecule has 0 aliphatic carbocycles. The maximum absolute atomic E-state index is 12.1. The highest BCUT2D eigenvalue weighted by molar-refractivity contribution is 6.30. The molecule has 6 heteroatoms. The molecule has 2 rings (SSSR count). The monoisotopic (exact) mass is 348 g/mol. The predicted molar refractivity (Wildman–Crippen MR) is 94.8 cm³/mol. The van der Waals surface area contributed by atoms with Crippen molar-refractivity contribution in [1.29, 1.82) is 0 Å². The van der Waals surface area contributed by atoms with Gasteiger partial charge in [0, 0.05) is 11.6 Å². The summed E-state index contributed by atoms with van der Waals surface area (Å²) in [6.07, 6.45) is 0. The average Bonchev–Trinajstić information content (AvgIpc) is 2.59. The number of halogens is 1. The molecule has 1 unspecified atom stereocenters. The van der Waals surface area contributed by atoms with Gasteiger partial charge in [0.05, 0.1) is 20.3 Å². The van der Waals surface area contributed by atoms with Gasteiger partial charge in [0.25, 0.3) is 0 Å². The Labute approximate surface area is 146 Å². The van der Waals surface area contributed by atoms with Crippen molar-refractivity contribution in [1.82, 2.24) is 10.6 Å². The van der Waals surface area contributed by atoms with Crippen LogP contribution in [0.15, 0.2) is 42.5 Å². The molecule has 0 aliphatic heterocycles. The molecule has 2 amide bonds. The van der Waals surface area contributed by atoms with E-state index in [9.17, 15) is 4.79 Å². The van der Waals surface area contributed by atoms with Gasteiger partial charge in [-0.25, -0.2) is 4.79 Å². The topological polar surface area (TPSA) is 59.6 Å². The molecule has 5 nitrogen and oxygen atoms in total. The molecule has 128 valence electrons. The molecule has 1 atom stereocenters. The van der Waals surface area contributed by atoms with Crippen molar-refractivity contribution in [2.75, 3.05) is 14.2 Å². The molecule has 2 N–H and O–H groups in total. The summed E-state index contributed by atoms with van der Waals surface area (Å²) in [6, 6.07) is 12.5. The molecule has 0 spiro atoms. The van der Waals surface area contributed by atoms with Crippen LogP contribution in [0.3, 0.4) is 0 Å². The van der Waals surface area contributed by atoms with Crippen LogP contribution in [-0.4, -0.2) is 20.3 Å². The molecule has 0 aliphatic rings. The molecule has 0 saturated carbocycles. The fourth-order valence-corrected chi connectivity index (χ4v) is 2.48. The van der Waals surface area contributed by atoms with Crippen LogP contribution in [0.5, 0.6) is 11.5 Å². The number of urea groups is 1. The number of ether oxygens (including phenoxy) is 2. The summed E-state index contributed by atoms with van der Waals surface area (Å²) in [5.74, 6) is 1.28. The molecule has 0 saturated heterocycles. The predicted octanol–water partition coefficient (Wildman–Crippen LogP) is 3.92. The van der Waals surface area contributed by atoms with E-state index in [1.165, 1.54) is 0 Å². The van der Waals surface area contributed by atoms with Crippen LogP contribution in [0.2, 0.25) is 5.02 Å². The summed E-state index contributed by atoms with van der Waals surface area (Å²) in [4.78, 5) is 12.1. The standard InChI is InChI=1S/C18H21ClN2O3/c1-12(14-5-4-6-15(19)10-14)21-18(22)20-11-13-7-8-16(23-2)17(9-13)24-3/h4-10,12H,11H2,1-3H3,(H2,20,21,22). The molecular formula is C18H21ClN2O3. The fourth-order valence-electron chi connectivity index (χ4n) is 2.28. The minimum absolute atomic E-state index is 0.144. The Morgan fingerprint density at radius 2 is 1.88 bits per heavy atom. The Bertz CT molecular complexity index is 706. The molecule has 0 heterocycles. The molecule has 0 radical (unpaired) electrons. The second-order valence-corrected chi connectivity index (χ2v) is 5.73. The van der Waals surface area contributed by atoms with Gasteiger partial charge in [0.1, 0.15) is 0 Å². The second-order valence-electron chi connectivity index (χ2n) is 5.29. The van der Waals surface area contributed by atoms with Crippen LogP contribution in [0.1, 0.15) is 24.1 Å². The van der Waals surface area contributed by atoms with Crippen molar-refractivity contribution in [3.05, 3.63) is 58.6 Å². The van der Waals surface area contributed by atoms with Crippen LogP contribution >= 0.6 is 11.6 Å². The molecule has 0 fully saturated rings. The number of nitrogens with one attached hydrogen (secondary N) is 2. The number of hydrogen-bond donors (Lipinski definition) is 2. The van der Waals surface area contributed by atoms with Gasteiger partial charge in [0.2, 0.25) is 0 Å². The van der Waals surface area contributed by atoms with Crippen molar-refractivity contribution in [3.63, 3.8) is 0 Å². The zero-order valence-corrected chi connectivity index (χ0v) is 14.7. The van der Waals surface area contributed by atoms with Gasteiger partial charge in [-0.1, -0.05) is 29.8 Å². The first-order valence-electron chi connectivity index (χ1n) is 7.54. The third kappa shape index (κ3) is 4.80. The first-order valence-corrected chi connectivity index (χ1v) is 7.92. The minimum atomic E-state index is -0.253. The van der Waals surface area contributed by atoms with E-state index in [1.807, 2.05) is 43.3 Å². The van der Waals surface area contributed by atoms with Crippen LogP contribution in [0, 0.1) is 0 Å². The Morgan fingerprint density at radius 1 is 1.12 bits per heavy atom. The normalized spacial score (nSPS) is 11.5. The lowest BCUT2D eigenvalue weighted by Crippen LogP contribution is -2.36. The summed E-state index contributed by atoms with van der Waals surface area (Å²) in [6.45, 7) is 2.29. The summed E-state index contributed by atoms with van der Waals surface area (Å²) in [5, 5.41) is 6.35. The van der Waals surface area contributed by atoms with E-state index in [-0.39, 0.29) is 12.1 Å². The van der Waals surface area contributed by atoms with Crippen molar-refractivity contribution >= 4 is 17.6 Å². The molecular weight excluding hydrogens is 328 g/mol. The maximum atomic E-state index is 12.1. The largest absolute Gasteiger partial charge is 0.493 e. The minimum Gasteiger partial charge on any atom is -0.493 e. The van der Waals surface area contributed by atoms with Gasteiger partial charge in [-0.3, -0.25) is 0 Å². The van der Waals surface area contributed by atoms with E-state index in [2.05, 4.69) is 10.6 Å². The third-order valence-corrected chi connectivity index (χ3v) is 3.83. The average molecular weight is 349 g/mol. The van der Waals surface area contributed by atoms with Gasteiger partial charge in [0.15, 0.2) is 11.5 Å². The lowest BCUT2D eigenvalue weighted by atomic mass is 10.1. The first-order chi connectivity index (χ1) is 11.5. The van der Waals surface area contributed by atoms with Crippen molar-refractivity contribution in [2.45, 2.75) is 19.5 Å². The smallest absolute Gasteiger partial charge is 0.315 e. The van der Waals surface area contributed by atoms with E-state index in [0.29, 0.717) is 23.1 Å². The fraction of sp³-hybridized carbons (Fsp3) is 0.278. The van der Waals surface area contributed by atoms with Gasteiger partial charge in [-0.2, -0.15) is 0 Å². The summed E-state index contributed by atoms with van der Waals surface area (Å²) in [7, 11) is 3.16.